The maximum Gasteiger partial charge on any atom is 0.0474 e. The molecule has 3 unspecified atom stereocenters. The van der Waals surface area contributed by atoms with Gasteiger partial charge in [0, 0.05) is 23.2 Å². The van der Waals surface area contributed by atoms with Gasteiger partial charge in [0.1, 0.15) is 0 Å². The fraction of sp³-hybridized carbons (Fsp3) is 0.571. The van der Waals surface area contributed by atoms with Crippen LogP contribution in [0.1, 0.15) is 37.8 Å². The normalized spacial score (nSPS) is 26.1. The zero-order valence-electron chi connectivity index (χ0n) is 10.2. The van der Waals surface area contributed by atoms with E-state index in [0.717, 1.165) is 10.9 Å². The van der Waals surface area contributed by atoms with Gasteiger partial charge in [-0.05, 0) is 37.3 Å². The Morgan fingerprint density at radius 3 is 2.88 bits per heavy atom. The van der Waals surface area contributed by atoms with Crippen LogP contribution in [0.15, 0.2) is 28.7 Å². The van der Waals surface area contributed by atoms with E-state index in [0.29, 0.717) is 24.6 Å². The van der Waals surface area contributed by atoms with Gasteiger partial charge in [0.2, 0.25) is 0 Å². The summed E-state index contributed by atoms with van der Waals surface area (Å²) in [5, 5.41) is 13.0. The molecule has 3 atom stereocenters. The van der Waals surface area contributed by atoms with Crippen LogP contribution >= 0.6 is 15.9 Å². The second kappa shape index (κ2) is 5.98. The number of rotatable bonds is 4. The van der Waals surface area contributed by atoms with Gasteiger partial charge in [-0.25, -0.2) is 0 Å². The first-order valence-corrected chi connectivity index (χ1v) is 7.13. The van der Waals surface area contributed by atoms with Crippen molar-refractivity contribution in [2.24, 2.45) is 5.92 Å². The zero-order valence-corrected chi connectivity index (χ0v) is 11.8. The molecule has 0 aromatic heterocycles. The fourth-order valence-corrected chi connectivity index (χ4v) is 3.34. The second-order valence-electron chi connectivity index (χ2n) is 4.89. The van der Waals surface area contributed by atoms with Gasteiger partial charge in [0.15, 0.2) is 0 Å². The van der Waals surface area contributed by atoms with Crippen molar-refractivity contribution >= 4 is 15.9 Å². The highest BCUT2D eigenvalue weighted by atomic mass is 79.9. The van der Waals surface area contributed by atoms with Crippen molar-refractivity contribution in [1.29, 1.82) is 0 Å². The highest BCUT2D eigenvalue weighted by molar-refractivity contribution is 9.10. The third kappa shape index (κ3) is 3.09. The van der Waals surface area contributed by atoms with E-state index in [1.165, 1.54) is 18.4 Å². The number of hydrogen-bond acceptors (Lipinski definition) is 2. The summed E-state index contributed by atoms with van der Waals surface area (Å²) in [7, 11) is 0. The lowest BCUT2D eigenvalue weighted by Crippen LogP contribution is -2.35. The SMILES string of the molecule is CC(NC1CCCC1CO)c1ccccc1Br. The molecular weight excluding hydrogens is 278 g/mol. The minimum absolute atomic E-state index is 0.306. The standard InChI is InChI=1S/C14H20BrNO/c1-10(12-6-2-3-7-13(12)15)16-14-8-4-5-11(14)9-17/h2-3,6-7,10-11,14,16-17H,4-5,8-9H2,1H3. The Kier molecular flexibility index (Phi) is 4.60. The van der Waals surface area contributed by atoms with Crippen LogP contribution in [0.25, 0.3) is 0 Å². The molecule has 1 fully saturated rings. The van der Waals surface area contributed by atoms with Crippen molar-refractivity contribution in [2.75, 3.05) is 6.61 Å². The van der Waals surface area contributed by atoms with E-state index in [-0.39, 0.29) is 0 Å². The van der Waals surface area contributed by atoms with Crippen LogP contribution < -0.4 is 5.32 Å². The van der Waals surface area contributed by atoms with Gasteiger partial charge in [0.25, 0.3) is 0 Å². The molecule has 1 aromatic rings. The fourth-order valence-electron chi connectivity index (χ4n) is 2.71. The lowest BCUT2D eigenvalue weighted by atomic mass is 10.0. The van der Waals surface area contributed by atoms with Gasteiger partial charge in [0.05, 0.1) is 0 Å². The molecule has 3 heteroatoms. The Labute approximate surface area is 112 Å². The predicted octanol–water partition coefficient (Wildman–Crippen LogP) is 3.26. The lowest BCUT2D eigenvalue weighted by Gasteiger charge is -2.24. The molecule has 2 nitrogen and oxygen atoms in total. The van der Waals surface area contributed by atoms with Crippen LogP contribution in [0.5, 0.6) is 0 Å². The third-order valence-corrected chi connectivity index (χ3v) is 4.45. The van der Waals surface area contributed by atoms with Crippen LogP contribution in [0.3, 0.4) is 0 Å². The summed E-state index contributed by atoms with van der Waals surface area (Å²) in [5.74, 6) is 0.430. The number of halogens is 1. The summed E-state index contributed by atoms with van der Waals surface area (Å²) < 4.78 is 1.15. The van der Waals surface area contributed by atoms with Gasteiger partial charge < -0.3 is 10.4 Å². The van der Waals surface area contributed by atoms with E-state index in [1.807, 2.05) is 6.07 Å². The molecule has 2 N–H and O–H groups in total. The van der Waals surface area contributed by atoms with Crippen molar-refractivity contribution in [2.45, 2.75) is 38.3 Å². The summed E-state index contributed by atoms with van der Waals surface area (Å²) in [6.07, 6.45) is 3.56. The average Bonchev–Trinajstić information content (AvgIpc) is 2.76. The summed E-state index contributed by atoms with van der Waals surface area (Å²) >= 11 is 3.59. The van der Waals surface area contributed by atoms with Crippen molar-refractivity contribution in [3.05, 3.63) is 34.3 Å². The summed E-state index contributed by atoms with van der Waals surface area (Å²) in [4.78, 5) is 0. The molecule has 2 rings (SSSR count). The molecule has 0 heterocycles. The molecule has 0 spiro atoms. The van der Waals surface area contributed by atoms with Gasteiger partial charge in [-0.2, -0.15) is 0 Å². The second-order valence-corrected chi connectivity index (χ2v) is 5.74. The maximum absolute atomic E-state index is 9.33. The Hall–Kier alpha value is -0.380. The topological polar surface area (TPSA) is 32.3 Å². The van der Waals surface area contributed by atoms with E-state index in [1.54, 1.807) is 0 Å². The van der Waals surface area contributed by atoms with Crippen LogP contribution in [-0.2, 0) is 0 Å². The first kappa shape index (κ1) is 13.1. The Morgan fingerprint density at radius 1 is 1.41 bits per heavy atom. The third-order valence-electron chi connectivity index (χ3n) is 3.73. The van der Waals surface area contributed by atoms with Crippen molar-refractivity contribution in [1.82, 2.24) is 5.32 Å². The van der Waals surface area contributed by atoms with Gasteiger partial charge >= 0.3 is 0 Å². The molecule has 0 bridgehead atoms. The molecule has 1 saturated carbocycles. The van der Waals surface area contributed by atoms with E-state index in [9.17, 15) is 5.11 Å². The number of aliphatic hydroxyl groups is 1. The summed E-state index contributed by atoms with van der Waals surface area (Å²) in [6.45, 7) is 2.49. The number of hydrogen-bond donors (Lipinski definition) is 2. The Morgan fingerprint density at radius 2 is 2.18 bits per heavy atom. The summed E-state index contributed by atoms with van der Waals surface area (Å²) in [6, 6.07) is 9.10. The van der Waals surface area contributed by atoms with Crippen LogP contribution in [0, 0.1) is 5.92 Å². The van der Waals surface area contributed by atoms with Gasteiger partial charge in [-0.15, -0.1) is 0 Å². The van der Waals surface area contributed by atoms with E-state index < -0.39 is 0 Å². The minimum Gasteiger partial charge on any atom is -0.396 e. The molecule has 0 amide bonds. The predicted molar refractivity (Wildman–Crippen MR) is 73.9 cm³/mol. The highest BCUT2D eigenvalue weighted by Gasteiger charge is 2.27. The largest absolute Gasteiger partial charge is 0.396 e. The molecule has 1 aromatic carbocycles. The van der Waals surface area contributed by atoms with E-state index in [4.69, 9.17) is 0 Å². The molecule has 1 aliphatic rings. The minimum atomic E-state index is 0.306. The Balaban J connectivity index is 2.01. The van der Waals surface area contributed by atoms with Crippen LogP contribution in [0.4, 0.5) is 0 Å². The van der Waals surface area contributed by atoms with Crippen molar-refractivity contribution in [3.63, 3.8) is 0 Å². The van der Waals surface area contributed by atoms with E-state index >= 15 is 0 Å². The first-order valence-electron chi connectivity index (χ1n) is 6.33. The van der Waals surface area contributed by atoms with E-state index in [2.05, 4.69) is 46.4 Å². The molecule has 0 aliphatic heterocycles. The summed E-state index contributed by atoms with van der Waals surface area (Å²) in [5.41, 5.74) is 1.29. The molecular formula is C14H20BrNO. The number of aliphatic hydroxyl groups excluding tert-OH is 1. The Bertz CT molecular complexity index is 369. The smallest absolute Gasteiger partial charge is 0.0474 e. The molecule has 94 valence electrons. The zero-order chi connectivity index (χ0) is 12.3. The number of benzene rings is 1. The quantitative estimate of drug-likeness (QED) is 0.894. The van der Waals surface area contributed by atoms with Gasteiger partial charge in [-0.1, -0.05) is 40.5 Å². The first-order chi connectivity index (χ1) is 8.22. The maximum atomic E-state index is 9.33. The van der Waals surface area contributed by atoms with Crippen LogP contribution in [0.2, 0.25) is 0 Å². The van der Waals surface area contributed by atoms with Crippen molar-refractivity contribution < 1.29 is 5.11 Å². The molecule has 1 aliphatic carbocycles. The molecule has 17 heavy (non-hydrogen) atoms. The number of nitrogens with one attached hydrogen (secondary N) is 1. The highest BCUT2D eigenvalue weighted by Crippen LogP contribution is 2.29. The monoisotopic (exact) mass is 297 g/mol. The van der Waals surface area contributed by atoms with Crippen molar-refractivity contribution in [3.8, 4) is 0 Å². The lowest BCUT2D eigenvalue weighted by molar-refractivity contribution is 0.200. The molecule has 0 saturated heterocycles. The average molecular weight is 298 g/mol. The van der Waals surface area contributed by atoms with Gasteiger partial charge in [-0.3, -0.25) is 0 Å². The molecule has 0 radical (unpaired) electrons. The van der Waals surface area contributed by atoms with Crippen LogP contribution in [-0.4, -0.2) is 17.8 Å².